The summed E-state index contributed by atoms with van der Waals surface area (Å²) in [6.07, 6.45) is 0.257. The predicted octanol–water partition coefficient (Wildman–Crippen LogP) is 1.75. The average Bonchev–Trinajstić information content (AvgIpc) is 3.22. The van der Waals surface area contributed by atoms with Crippen molar-refractivity contribution in [1.82, 2.24) is 10.2 Å². The van der Waals surface area contributed by atoms with E-state index in [1.165, 1.54) is 0 Å². The number of hydrogen-bond acceptors (Lipinski definition) is 5. The zero-order valence-electron chi connectivity index (χ0n) is 18.0. The molecule has 0 spiro atoms. The second-order valence-electron chi connectivity index (χ2n) is 8.04. The van der Waals surface area contributed by atoms with Crippen LogP contribution in [-0.2, 0) is 16.1 Å². The number of aliphatic hydroxyl groups excluding tert-OH is 2. The third-order valence-electron chi connectivity index (χ3n) is 6.06. The van der Waals surface area contributed by atoms with Gasteiger partial charge in [-0.25, -0.2) is 0 Å². The van der Waals surface area contributed by atoms with Crippen LogP contribution in [0.5, 0.6) is 5.75 Å². The fourth-order valence-corrected chi connectivity index (χ4v) is 4.53. The maximum Gasteiger partial charge on any atom is 0.247 e. The van der Waals surface area contributed by atoms with E-state index in [2.05, 4.69) is 5.32 Å². The van der Waals surface area contributed by atoms with Gasteiger partial charge in [-0.2, -0.15) is 0 Å². The second-order valence-corrected chi connectivity index (χ2v) is 8.04. The molecule has 2 amide bonds. The third-order valence-corrected chi connectivity index (χ3v) is 6.06. The van der Waals surface area contributed by atoms with E-state index < -0.39 is 24.2 Å². The molecule has 4 atom stereocenters. The highest BCUT2D eigenvalue weighted by atomic mass is 16.5. The van der Waals surface area contributed by atoms with Gasteiger partial charge >= 0.3 is 0 Å². The van der Waals surface area contributed by atoms with Gasteiger partial charge in [0.2, 0.25) is 11.8 Å². The number of benzene rings is 2. The van der Waals surface area contributed by atoms with Crippen LogP contribution in [0.15, 0.2) is 66.2 Å². The monoisotopic (exact) mass is 436 g/mol. The van der Waals surface area contributed by atoms with Gasteiger partial charge in [-0.1, -0.05) is 55.5 Å². The first-order valence-electron chi connectivity index (χ1n) is 10.9. The lowest BCUT2D eigenvalue weighted by molar-refractivity contribution is -0.137. The van der Waals surface area contributed by atoms with Gasteiger partial charge in [0.1, 0.15) is 18.0 Å². The molecule has 7 nitrogen and oxygen atoms in total. The van der Waals surface area contributed by atoms with E-state index in [0.29, 0.717) is 17.9 Å². The van der Waals surface area contributed by atoms with Crippen molar-refractivity contribution >= 4 is 11.8 Å². The van der Waals surface area contributed by atoms with Crippen LogP contribution in [0.2, 0.25) is 0 Å². The molecule has 0 saturated heterocycles. The fraction of sp³-hybridized carbons (Fsp3) is 0.360. The van der Waals surface area contributed by atoms with Gasteiger partial charge < -0.3 is 25.2 Å². The van der Waals surface area contributed by atoms with E-state index in [0.717, 1.165) is 11.1 Å². The van der Waals surface area contributed by atoms with Crippen LogP contribution in [0.1, 0.15) is 30.4 Å². The number of nitrogens with zero attached hydrogens (tertiary/aromatic N) is 1. The Labute approximate surface area is 187 Å². The van der Waals surface area contributed by atoms with Gasteiger partial charge in [0, 0.05) is 30.6 Å². The van der Waals surface area contributed by atoms with Gasteiger partial charge in [-0.15, -0.1) is 0 Å². The summed E-state index contributed by atoms with van der Waals surface area (Å²) in [6.45, 7) is 2.02. The van der Waals surface area contributed by atoms with Crippen LogP contribution in [-0.4, -0.2) is 58.3 Å². The van der Waals surface area contributed by atoms with Gasteiger partial charge in [-0.3, -0.25) is 9.59 Å². The number of aliphatic hydroxyl groups is 2. The zero-order chi connectivity index (χ0) is 22.7. The summed E-state index contributed by atoms with van der Waals surface area (Å²) in [6, 6.07) is 16.2. The molecule has 7 heteroatoms. The summed E-state index contributed by atoms with van der Waals surface area (Å²) in [4.78, 5) is 27.6. The summed E-state index contributed by atoms with van der Waals surface area (Å²) in [5.74, 6) is -0.293. The highest BCUT2D eigenvalue weighted by Crippen LogP contribution is 2.47. The number of fused-ring (bicyclic) bond motifs is 3. The minimum atomic E-state index is -1.01. The molecule has 2 aliphatic rings. The molecule has 2 aromatic rings. The van der Waals surface area contributed by atoms with E-state index in [1.807, 2.05) is 54.6 Å². The average molecular weight is 437 g/mol. The first kappa shape index (κ1) is 22.0. The number of rotatable bonds is 7. The number of carbonyl (C=O) groups is 2. The second kappa shape index (κ2) is 9.54. The zero-order valence-corrected chi connectivity index (χ0v) is 18.0. The number of amides is 2. The van der Waals surface area contributed by atoms with Crippen molar-refractivity contribution in [3.8, 4) is 5.75 Å². The Kier molecular flexibility index (Phi) is 6.58. The van der Waals surface area contributed by atoms with Gasteiger partial charge in [0.25, 0.3) is 0 Å². The molecule has 0 bridgehead atoms. The molecule has 0 aromatic heterocycles. The highest BCUT2D eigenvalue weighted by Gasteiger charge is 2.50. The Hall–Kier alpha value is -3.16. The Morgan fingerprint density at radius 1 is 1.09 bits per heavy atom. The van der Waals surface area contributed by atoms with Gasteiger partial charge in [0.15, 0.2) is 0 Å². The molecule has 0 unspecified atom stereocenters. The number of hydrogen-bond donors (Lipinski definition) is 3. The van der Waals surface area contributed by atoms with Crippen molar-refractivity contribution in [1.29, 1.82) is 0 Å². The minimum Gasteiger partial charge on any atom is -0.486 e. The van der Waals surface area contributed by atoms with Crippen LogP contribution < -0.4 is 10.1 Å². The fourth-order valence-electron chi connectivity index (χ4n) is 4.53. The normalized spacial score (nSPS) is 23.4. The molecule has 1 heterocycles. The Bertz CT molecular complexity index is 1010. The molecular weight excluding hydrogens is 408 g/mol. The lowest BCUT2D eigenvalue weighted by atomic mass is 9.77. The first-order chi connectivity index (χ1) is 15.5. The summed E-state index contributed by atoms with van der Waals surface area (Å²) >= 11 is 0. The van der Waals surface area contributed by atoms with Crippen molar-refractivity contribution in [3.63, 3.8) is 0 Å². The molecule has 1 aliphatic carbocycles. The first-order valence-corrected chi connectivity index (χ1v) is 10.9. The molecule has 32 heavy (non-hydrogen) atoms. The number of ether oxygens (including phenoxy) is 1. The topological polar surface area (TPSA) is 99.1 Å². The summed E-state index contributed by atoms with van der Waals surface area (Å²) in [5, 5.41) is 23.2. The lowest BCUT2D eigenvalue weighted by Crippen LogP contribution is -2.55. The van der Waals surface area contributed by atoms with E-state index in [-0.39, 0.29) is 31.4 Å². The molecule has 0 radical (unpaired) electrons. The molecule has 0 saturated carbocycles. The van der Waals surface area contributed by atoms with Crippen LogP contribution >= 0.6 is 0 Å². The molecular formula is C25H28N2O5. The van der Waals surface area contributed by atoms with Crippen LogP contribution in [0.4, 0.5) is 0 Å². The lowest BCUT2D eigenvalue weighted by Gasteiger charge is -2.40. The van der Waals surface area contributed by atoms with Crippen LogP contribution in [0.3, 0.4) is 0 Å². The number of para-hydroxylation sites is 1. The van der Waals surface area contributed by atoms with E-state index >= 15 is 0 Å². The predicted molar refractivity (Wildman–Crippen MR) is 119 cm³/mol. The SMILES string of the molecule is CCC(=O)N(Cc1ccccc1)[C@@H]1C=C(C(=O)NCCO)[C@@H]2c3ccccc3O[C@@H]2[C@H]1O. The number of carbonyl (C=O) groups excluding carboxylic acids is 2. The molecule has 3 N–H and O–H groups in total. The van der Waals surface area contributed by atoms with Crippen molar-refractivity contribution in [2.24, 2.45) is 0 Å². The standard InChI is InChI=1S/C25H28N2O5/c1-2-21(29)27(15-16-8-4-3-5-9-16)19-14-18(25(31)26-12-13-28)22-17-10-6-7-11-20(17)32-24(22)23(19)30/h3-11,14,19,22-24,28,30H,2,12-13,15H2,1H3,(H,26,31)/t19-,22+,23+,24+/m1/s1. The van der Waals surface area contributed by atoms with E-state index in [1.54, 1.807) is 17.9 Å². The highest BCUT2D eigenvalue weighted by molar-refractivity contribution is 5.96. The van der Waals surface area contributed by atoms with Gasteiger partial charge in [0.05, 0.1) is 18.6 Å². The Morgan fingerprint density at radius 3 is 2.53 bits per heavy atom. The molecule has 168 valence electrons. The Morgan fingerprint density at radius 2 is 1.81 bits per heavy atom. The van der Waals surface area contributed by atoms with E-state index in [4.69, 9.17) is 9.84 Å². The summed E-state index contributed by atoms with van der Waals surface area (Å²) in [7, 11) is 0. The number of nitrogens with one attached hydrogen (secondary N) is 1. The molecule has 1 aliphatic heterocycles. The maximum atomic E-state index is 13.1. The Balaban J connectivity index is 1.75. The van der Waals surface area contributed by atoms with Crippen molar-refractivity contribution in [2.75, 3.05) is 13.2 Å². The van der Waals surface area contributed by atoms with Crippen molar-refractivity contribution < 1.29 is 24.5 Å². The van der Waals surface area contributed by atoms with E-state index in [9.17, 15) is 14.7 Å². The molecule has 4 rings (SSSR count). The molecule has 0 fully saturated rings. The largest absolute Gasteiger partial charge is 0.486 e. The summed E-state index contributed by atoms with van der Waals surface area (Å²) in [5.41, 5.74) is 2.20. The van der Waals surface area contributed by atoms with Gasteiger partial charge in [-0.05, 0) is 17.7 Å². The smallest absolute Gasteiger partial charge is 0.247 e. The maximum absolute atomic E-state index is 13.1. The minimum absolute atomic E-state index is 0.116. The van der Waals surface area contributed by atoms with Crippen LogP contribution in [0.25, 0.3) is 0 Å². The molecule has 2 aromatic carbocycles. The summed E-state index contributed by atoms with van der Waals surface area (Å²) < 4.78 is 6.09. The van der Waals surface area contributed by atoms with Crippen LogP contribution in [0, 0.1) is 0 Å². The van der Waals surface area contributed by atoms with Crippen molar-refractivity contribution in [2.45, 2.75) is 44.1 Å². The quantitative estimate of drug-likeness (QED) is 0.614. The third kappa shape index (κ3) is 4.13. The van der Waals surface area contributed by atoms with Crippen molar-refractivity contribution in [3.05, 3.63) is 77.4 Å².